The summed E-state index contributed by atoms with van der Waals surface area (Å²) >= 11 is 1.53. The average molecular weight is 206 g/mol. The van der Waals surface area contributed by atoms with Crippen LogP contribution in [-0.4, -0.2) is 12.2 Å². The van der Waals surface area contributed by atoms with Gasteiger partial charge in [0, 0.05) is 10.3 Å². The van der Waals surface area contributed by atoms with Gasteiger partial charge in [-0.3, -0.25) is 0 Å². The van der Waals surface area contributed by atoms with Crippen molar-refractivity contribution in [2.75, 3.05) is 7.11 Å². The van der Waals surface area contributed by atoms with E-state index < -0.39 is 0 Å². The Hall–Kier alpha value is -1.48. The molecule has 0 saturated carbocycles. The molecule has 0 aliphatic carbocycles. The number of hydrogen-bond acceptors (Lipinski definition) is 3. The summed E-state index contributed by atoms with van der Waals surface area (Å²) in [6.07, 6.45) is 0. The summed E-state index contributed by atoms with van der Waals surface area (Å²) in [6.45, 7) is 0. The van der Waals surface area contributed by atoms with Gasteiger partial charge in [-0.2, -0.15) is 0 Å². The second kappa shape index (κ2) is 3.72. The van der Waals surface area contributed by atoms with Crippen LogP contribution in [0.4, 0.5) is 0 Å². The Morgan fingerprint density at radius 1 is 1.21 bits per heavy atom. The lowest BCUT2D eigenvalue weighted by Crippen LogP contribution is -1.81. The normalized spacial score (nSPS) is 10.1. The van der Waals surface area contributed by atoms with Gasteiger partial charge in [-0.05, 0) is 35.9 Å². The van der Waals surface area contributed by atoms with Gasteiger partial charge in [0.15, 0.2) is 0 Å². The van der Waals surface area contributed by atoms with E-state index in [0.29, 0.717) is 5.75 Å². The summed E-state index contributed by atoms with van der Waals surface area (Å²) in [5, 5.41) is 10.9. The molecule has 1 heterocycles. The molecule has 0 atom stereocenters. The first-order valence-corrected chi connectivity index (χ1v) is 5.09. The number of rotatable bonds is 2. The highest BCUT2D eigenvalue weighted by molar-refractivity contribution is 7.13. The molecule has 0 radical (unpaired) electrons. The Labute approximate surface area is 86.4 Å². The number of aromatic hydroxyl groups is 1. The van der Waals surface area contributed by atoms with E-state index >= 15 is 0 Å². The smallest absolute Gasteiger partial charge is 0.126 e. The van der Waals surface area contributed by atoms with Crippen LogP contribution in [0.1, 0.15) is 0 Å². The van der Waals surface area contributed by atoms with Gasteiger partial charge in [0.1, 0.15) is 11.5 Å². The van der Waals surface area contributed by atoms with Crippen LogP contribution in [0.2, 0.25) is 0 Å². The topological polar surface area (TPSA) is 29.5 Å². The summed E-state index contributed by atoms with van der Waals surface area (Å²) < 4.78 is 5.06. The van der Waals surface area contributed by atoms with E-state index in [-0.39, 0.29) is 0 Å². The predicted octanol–water partition coefficient (Wildman–Crippen LogP) is 3.13. The van der Waals surface area contributed by atoms with Crippen LogP contribution in [0.3, 0.4) is 0 Å². The van der Waals surface area contributed by atoms with Gasteiger partial charge in [0.2, 0.25) is 0 Å². The molecule has 0 bridgehead atoms. The van der Waals surface area contributed by atoms with Crippen molar-refractivity contribution in [2.45, 2.75) is 0 Å². The molecule has 2 nitrogen and oxygen atoms in total. The lowest BCUT2D eigenvalue weighted by molar-refractivity contribution is 0.415. The molecule has 72 valence electrons. The van der Waals surface area contributed by atoms with Crippen molar-refractivity contribution in [3.05, 3.63) is 35.7 Å². The van der Waals surface area contributed by atoms with Crippen LogP contribution in [0.15, 0.2) is 35.7 Å². The molecule has 0 amide bonds. The Kier molecular flexibility index (Phi) is 2.41. The van der Waals surface area contributed by atoms with Crippen molar-refractivity contribution in [3.63, 3.8) is 0 Å². The molecule has 3 heteroatoms. The number of benzene rings is 1. The zero-order valence-electron chi connectivity index (χ0n) is 7.73. The van der Waals surface area contributed by atoms with Crippen molar-refractivity contribution in [1.29, 1.82) is 0 Å². The van der Waals surface area contributed by atoms with Gasteiger partial charge in [0.05, 0.1) is 7.11 Å². The lowest BCUT2D eigenvalue weighted by Gasteiger charge is -2.00. The lowest BCUT2D eigenvalue weighted by atomic mass is 10.2. The molecule has 0 aliphatic heterocycles. The highest BCUT2D eigenvalue weighted by atomic mass is 32.1. The minimum atomic E-state index is 0.320. The van der Waals surface area contributed by atoms with Gasteiger partial charge in [0.25, 0.3) is 0 Å². The van der Waals surface area contributed by atoms with E-state index in [0.717, 1.165) is 16.2 Å². The fourth-order valence-electron chi connectivity index (χ4n) is 1.23. The van der Waals surface area contributed by atoms with Crippen LogP contribution in [0.5, 0.6) is 11.5 Å². The van der Waals surface area contributed by atoms with Gasteiger partial charge < -0.3 is 9.84 Å². The van der Waals surface area contributed by atoms with Crippen LogP contribution in [0, 0.1) is 0 Å². The van der Waals surface area contributed by atoms with Gasteiger partial charge in [-0.1, -0.05) is 0 Å². The summed E-state index contributed by atoms with van der Waals surface area (Å²) in [5.41, 5.74) is 1.09. The molecule has 0 spiro atoms. The molecular weight excluding hydrogens is 196 g/mol. The maximum absolute atomic E-state index is 9.20. The molecule has 0 aliphatic rings. The number of methoxy groups -OCH3 is 1. The third-order valence-corrected chi connectivity index (χ3v) is 2.93. The molecule has 0 fully saturated rings. The molecule has 1 aromatic heterocycles. The predicted molar refractivity (Wildman–Crippen MR) is 58.0 cm³/mol. The van der Waals surface area contributed by atoms with Crippen LogP contribution in [0.25, 0.3) is 10.4 Å². The maximum atomic E-state index is 9.20. The standard InChI is InChI=1S/C11H10O2S/c1-13-10-4-2-8(3-5-10)11-6-9(12)7-14-11/h2-7,12H,1H3. The highest BCUT2D eigenvalue weighted by Crippen LogP contribution is 2.31. The quantitative estimate of drug-likeness (QED) is 0.818. The first-order valence-electron chi connectivity index (χ1n) is 4.21. The van der Waals surface area contributed by atoms with Crippen molar-refractivity contribution < 1.29 is 9.84 Å². The second-order valence-corrected chi connectivity index (χ2v) is 3.81. The van der Waals surface area contributed by atoms with Crippen molar-refractivity contribution >= 4 is 11.3 Å². The molecule has 1 N–H and O–H groups in total. The molecule has 0 unspecified atom stereocenters. The van der Waals surface area contributed by atoms with Crippen molar-refractivity contribution in [2.24, 2.45) is 0 Å². The van der Waals surface area contributed by atoms with Gasteiger partial charge in [-0.25, -0.2) is 0 Å². The minimum absolute atomic E-state index is 0.320. The zero-order valence-corrected chi connectivity index (χ0v) is 8.54. The highest BCUT2D eigenvalue weighted by Gasteiger charge is 2.01. The summed E-state index contributed by atoms with van der Waals surface area (Å²) in [4.78, 5) is 1.06. The summed E-state index contributed by atoms with van der Waals surface area (Å²) in [6, 6.07) is 9.53. The van der Waals surface area contributed by atoms with Gasteiger partial charge >= 0.3 is 0 Å². The third-order valence-electron chi connectivity index (χ3n) is 1.96. The number of ether oxygens (including phenoxy) is 1. The summed E-state index contributed by atoms with van der Waals surface area (Å²) in [5.74, 6) is 1.16. The van der Waals surface area contributed by atoms with Crippen LogP contribution in [-0.2, 0) is 0 Å². The van der Waals surface area contributed by atoms with E-state index in [4.69, 9.17) is 4.74 Å². The minimum Gasteiger partial charge on any atom is -0.507 e. The first-order chi connectivity index (χ1) is 6.79. The Balaban J connectivity index is 2.33. The number of thiophene rings is 1. The molecule has 2 aromatic rings. The molecule has 0 saturated heterocycles. The van der Waals surface area contributed by atoms with Crippen molar-refractivity contribution in [3.8, 4) is 21.9 Å². The van der Waals surface area contributed by atoms with E-state index in [1.807, 2.05) is 24.3 Å². The average Bonchev–Trinajstić information content (AvgIpc) is 2.65. The Bertz CT molecular complexity index is 417. The van der Waals surface area contributed by atoms with E-state index in [1.165, 1.54) is 11.3 Å². The monoisotopic (exact) mass is 206 g/mol. The second-order valence-electron chi connectivity index (χ2n) is 2.90. The SMILES string of the molecule is COc1ccc(-c2cc(O)cs2)cc1. The summed E-state index contributed by atoms with van der Waals surface area (Å²) in [7, 11) is 1.64. The largest absolute Gasteiger partial charge is 0.507 e. The van der Waals surface area contributed by atoms with E-state index in [1.54, 1.807) is 18.6 Å². The van der Waals surface area contributed by atoms with Gasteiger partial charge in [-0.15, -0.1) is 11.3 Å². The molecule has 1 aromatic carbocycles. The first kappa shape index (κ1) is 9.09. The molecule has 14 heavy (non-hydrogen) atoms. The fourth-order valence-corrected chi connectivity index (χ4v) is 2.01. The molecule has 2 rings (SSSR count). The Morgan fingerprint density at radius 3 is 2.43 bits per heavy atom. The Morgan fingerprint density at radius 2 is 1.93 bits per heavy atom. The molecular formula is C11H10O2S. The third kappa shape index (κ3) is 1.72. The number of hydrogen-bond donors (Lipinski definition) is 1. The van der Waals surface area contributed by atoms with Crippen LogP contribution < -0.4 is 4.74 Å². The van der Waals surface area contributed by atoms with Crippen LogP contribution >= 0.6 is 11.3 Å². The zero-order chi connectivity index (χ0) is 9.97. The van der Waals surface area contributed by atoms with Crippen molar-refractivity contribution in [1.82, 2.24) is 0 Å². The fraction of sp³-hybridized carbons (Fsp3) is 0.0909. The van der Waals surface area contributed by atoms with E-state index in [2.05, 4.69) is 0 Å². The maximum Gasteiger partial charge on any atom is 0.126 e. The van der Waals surface area contributed by atoms with E-state index in [9.17, 15) is 5.11 Å².